The number of carbonyl (C=O) groups is 1. The monoisotopic (exact) mass is 343 g/mol. The molecule has 3 rings (SSSR count). The average Bonchev–Trinajstić information content (AvgIpc) is 3.23. The molecule has 1 atom stereocenters. The lowest BCUT2D eigenvalue weighted by Gasteiger charge is -2.14. The van der Waals surface area contributed by atoms with Crippen molar-refractivity contribution in [2.75, 3.05) is 7.11 Å². The summed E-state index contributed by atoms with van der Waals surface area (Å²) in [7, 11) is 1.40. The second kappa shape index (κ2) is 6.80. The molecule has 1 aromatic carbocycles. The number of H-pyrrole nitrogens is 1. The maximum atomic E-state index is 13.8. The van der Waals surface area contributed by atoms with Crippen molar-refractivity contribution in [2.45, 2.75) is 19.9 Å². The molecule has 6 nitrogen and oxygen atoms in total. The van der Waals surface area contributed by atoms with Gasteiger partial charge in [-0.3, -0.25) is 9.89 Å². The number of aromatic amines is 1. The number of methoxy groups -OCH3 is 1. The van der Waals surface area contributed by atoms with Gasteiger partial charge in [-0.25, -0.2) is 4.39 Å². The fourth-order valence-corrected chi connectivity index (χ4v) is 2.45. The molecule has 130 valence electrons. The van der Waals surface area contributed by atoms with E-state index in [1.54, 1.807) is 25.1 Å². The maximum absolute atomic E-state index is 13.8. The van der Waals surface area contributed by atoms with Gasteiger partial charge in [0.25, 0.3) is 5.91 Å². The van der Waals surface area contributed by atoms with Crippen LogP contribution in [0.1, 0.15) is 34.8 Å². The van der Waals surface area contributed by atoms with Crippen LogP contribution in [0.15, 0.2) is 40.8 Å². The fourth-order valence-electron chi connectivity index (χ4n) is 2.45. The highest BCUT2D eigenvalue weighted by molar-refractivity contribution is 5.93. The molecule has 2 heterocycles. The third-order valence-corrected chi connectivity index (χ3v) is 3.84. The minimum atomic E-state index is -0.476. The lowest BCUT2D eigenvalue weighted by Crippen LogP contribution is -2.27. The van der Waals surface area contributed by atoms with E-state index >= 15 is 0 Å². The predicted molar refractivity (Wildman–Crippen MR) is 89.9 cm³/mol. The van der Waals surface area contributed by atoms with Gasteiger partial charge in [-0.15, -0.1) is 0 Å². The van der Waals surface area contributed by atoms with Crippen LogP contribution in [0.25, 0.3) is 11.5 Å². The van der Waals surface area contributed by atoms with Gasteiger partial charge in [-0.1, -0.05) is 6.07 Å². The number of furan rings is 1. The summed E-state index contributed by atoms with van der Waals surface area (Å²) in [6.45, 7) is 3.60. The number of ether oxygens (including phenoxy) is 1. The van der Waals surface area contributed by atoms with Gasteiger partial charge in [0.15, 0.2) is 23.0 Å². The van der Waals surface area contributed by atoms with Crippen LogP contribution in [0.5, 0.6) is 5.75 Å². The quantitative estimate of drug-likeness (QED) is 0.741. The number of amides is 1. The van der Waals surface area contributed by atoms with Crippen LogP contribution in [-0.4, -0.2) is 23.2 Å². The van der Waals surface area contributed by atoms with Crippen LogP contribution in [-0.2, 0) is 0 Å². The first-order valence-corrected chi connectivity index (χ1v) is 7.74. The Labute approximate surface area is 144 Å². The number of halogens is 1. The molecule has 2 aromatic heterocycles. The zero-order valence-electron chi connectivity index (χ0n) is 14.1. The van der Waals surface area contributed by atoms with E-state index in [-0.39, 0.29) is 23.4 Å². The van der Waals surface area contributed by atoms with Crippen molar-refractivity contribution in [2.24, 2.45) is 0 Å². The summed E-state index contributed by atoms with van der Waals surface area (Å²) in [4.78, 5) is 12.3. The smallest absolute Gasteiger partial charge is 0.272 e. The van der Waals surface area contributed by atoms with Gasteiger partial charge in [0.1, 0.15) is 11.5 Å². The Hall–Kier alpha value is -3.09. The summed E-state index contributed by atoms with van der Waals surface area (Å²) in [5.41, 5.74) is 1.47. The zero-order valence-corrected chi connectivity index (χ0v) is 14.1. The molecule has 0 bridgehead atoms. The Balaban J connectivity index is 1.71. The second-order valence-corrected chi connectivity index (χ2v) is 5.67. The van der Waals surface area contributed by atoms with Gasteiger partial charge >= 0.3 is 0 Å². The minimum absolute atomic E-state index is 0.160. The number of nitrogens with zero attached hydrogens (tertiary/aromatic N) is 1. The minimum Gasteiger partial charge on any atom is -0.494 e. The molecule has 1 amide bonds. The molecule has 7 heteroatoms. The lowest BCUT2D eigenvalue weighted by molar-refractivity contribution is 0.0934. The summed E-state index contributed by atoms with van der Waals surface area (Å²) in [5.74, 6) is 0.693. The summed E-state index contributed by atoms with van der Waals surface area (Å²) in [5, 5.41) is 9.56. The van der Waals surface area contributed by atoms with Crippen molar-refractivity contribution in [1.29, 1.82) is 0 Å². The zero-order chi connectivity index (χ0) is 18.0. The molecule has 2 N–H and O–H groups in total. The van der Waals surface area contributed by atoms with Crippen LogP contribution in [0.4, 0.5) is 4.39 Å². The van der Waals surface area contributed by atoms with Gasteiger partial charge in [-0.05, 0) is 43.7 Å². The first-order chi connectivity index (χ1) is 12.0. The standard InChI is InChI=1S/C18H18FN3O3/c1-10-4-6-17(25-10)14-9-15(22-21-14)18(23)20-11(2)12-5-7-16(24-3)13(19)8-12/h4-9,11H,1-3H3,(H,20,23)(H,21,22). The Morgan fingerprint density at radius 2 is 2.12 bits per heavy atom. The first kappa shape index (κ1) is 16.8. The molecular formula is C18H18FN3O3. The molecular weight excluding hydrogens is 325 g/mol. The molecule has 0 saturated heterocycles. The van der Waals surface area contributed by atoms with Crippen molar-refractivity contribution in [1.82, 2.24) is 15.5 Å². The molecule has 0 aliphatic heterocycles. The molecule has 0 saturated carbocycles. The second-order valence-electron chi connectivity index (χ2n) is 5.67. The third kappa shape index (κ3) is 3.55. The number of nitrogens with one attached hydrogen (secondary N) is 2. The van der Waals surface area contributed by atoms with Gasteiger partial charge in [0.05, 0.1) is 13.2 Å². The van der Waals surface area contributed by atoms with Crippen LogP contribution >= 0.6 is 0 Å². The number of hydrogen-bond donors (Lipinski definition) is 2. The highest BCUT2D eigenvalue weighted by atomic mass is 19.1. The van der Waals surface area contributed by atoms with Crippen molar-refractivity contribution < 1.29 is 18.3 Å². The van der Waals surface area contributed by atoms with E-state index in [9.17, 15) is 9.18 Å². The lowest BCUT2D eigenvalue weighted by atomic mass is 10.1. The van der Waals surface area contributed by atoms with E-state index in [1.165, 1.54) is 19.2 Å². The summed E-state index contributed by atoms with van der Waals surface area (Å²) >= 11 is 0. The van der Waals surface area contributed by atoms with E-state index in [0.717, 1.165) is 5.76 Å². The summed E-state index contributed by atoms with van der Waals surface area (Å²) in [6, 6.07) is 9.41. The highest BCUT2D eigenvalue weighted by Gasteiger charge is 2.17. The van der Waals surface area contributed by atoms with E-state index < -0.39 is 5.82 Å². The van der Waals surface area contributed by atoms with Crippen LogP contribution < -0.4 is 10.1 Å². The van der Waals surface area contributed by atoms with Gasteiger partial charge < -0.3 is 14.5 Å². The predicted octanol–water partition coefficient (Wildman–Crippen LogP) is 3.62. The van der Waals surface area contributed by atoms with Gasteiger partial charge in [0, 0.05) is 6.07 Å². The van der Waals surface area contributed by atoms with Crippen molar-refractivity contribution >= 4 is 5.91 Å². The number of hydrogen-bond acceptors (Lipinski definition) is 4. The Kier molecular flexibility index (Phi) is 4.56. The molecule has 0 fully saturated rings. The number of aromatic nitrogens is 2. The largest absolute Gasteiger partial charge is 0.494 e. The van der Waals surface area contributed by atoms with Crippen molar-refractivity contribution in [3.63, 3.8) is 0 Å². The molecule has 0 spiro atoms. The van der Waals surface area contributed by atoms with Crippen molar-refractivity contribution in [3.05, 3.63) is 59.2 Å². The van der Waals surface area contributed by atoms with Crippen molar-refractivity contribution in [3.8, 4) is 17.2 Å². The number of benzene rings is 1. The molecule has 3 aromatic rings. The molecule has 0 aliphatic carbocycles. The number of rotatable bonds is 5. The van der Waals surface area contributed by atoms with E-state index in [1.807, 2.05) is 13.0 Å². The third-order valence-electron chi connectivity index (χ3n) is 3.84. The maximum Gasteiger partial charge on any atom is 0.272 e. The number of aryl methyl sites for hydroxylation is 1. The molecule has 25 heavy (non-hydrogen) atoms. The van der Waals surface area contributed by atoms with E-state index in [2.05, 4.69) is 15.5 Å². The Morgan fingerprint density at radius 3 is 2.76 bits per heavy atom. The Morgan fingerprint density at radius 1 is 1.32 bits per heavy atom. The molecule has 0 radical (unpaired) electrons. The van der Waals surface area contributed by atoms with Gasteiger partial charge in [-0.2, -0.15) is 5.10 Å². The summed E-state index contributed by atoms with van der Waals surface area (Å²) < 4.78 is 24.2. The fraction of sp³-hybridized carbons (Fsp3) is 0.222. The van der Waals surface area contributed by atoms with Crippen LogP contribution in [0, 0.1) is 12.7 Å². The van der Waals surface area contributed by atoms with E-state index in [0.29, 0.717) is 17.0 Å². The van der Waals surface area contributed by atoms with Gasteiger partial charge in [0.2, 0.25) is 0 Å². The molecule has 0 aliphatic rings. The van der Waals surface area contributed by atoms with E-state index in [4.69, 9.17) is 9.15 Å². The highest BCUT2D eigenvalue weighted by Crippen LogP contribution is 2.23. The number of carbonyl (C=O) groups excluding carboxylic acids is 1. The normalized spacial score (nSPS) is 12.0. The Bertz CT molecular complexity index is 901. The van der Waals surface area contributed by atoms with Crippen LogP contribution in [0.2, 0.25) is 0 Å². The first-order valence-electron chi connectivity index (χ1n) is 7.74. The van der Waals surface area contributed by atoms with Crippen LogP contribution in [0.3, 0.4) is 0 Å². The molecule has 1 unspecified atom stereocenters. The SMILES string of the molecule is COc1ccc(C(C)NC(=O)c2cc(-c3ccc(C)o3)[nH]n2)cc1F. The summed E-state index contributed by atoms with van der Waals surface area (Å²) in [6.07, 6.45) is 0. The topological polar surface area (TPSA) is 80.1 Å². The average molecular weight is 343 g/mol.